The highest BCUT2D eigenvalue weighted by molar-refractivity contribution is 5.43. The van der Waals surface area contributed by atoms with Gasteiger partial charge in [0.1, 0.15) is 11.5 Å². The van der Waals surface area contributed by atoms with Crippen molar-refractivity contribution in [2.24, 2.45) is 0 Å². The number of benzene rings is 4. The highest BCUT2D eigenvalue weighted by atomic mass is 16.5. The lowest BCUT2D eigenvalue weighted by Gasteiger charge is -2.41. The molecule has 0 aromatic heterocycles. The van der Waals surface area contributed by atoms with E-state index in [4.69, 9.17) is 9.47 Å². The third-order valence-corrected chi connectivity index (χ3v) is 8.95. The van der Waals surface area contributed by atoms with Gasteiger partial charge in [0.15, 0.2) is 0 Å². The van der Waals surface area contributed by atoms with Gasteiger partial charge in [-0.1, -0.05) is 72.8 Å². The molecular formula is C36H39NO2. The van der Waals surface area contributed by atoms with E-state index >= 15 is 0 Å². The van der Waals surface area contributed by atoms with Crippen molar-refractivity contribution in [1.29, 1.82) is 0 Å². The van der Waals surface area contributed by atoms with E-state index < -0.39 is 0 Å². The summed E-state index contributed by atoms with van der Waals surface area (Å²) in [5.41, 5.74) is 8.64. The minimum absolute atomic E-state index is 0.425. The molecule has 0 radical (unpaired) electrons. The summed E-state index contributed by atoms with van der Waals surface area (Å²) in [6.07, 6.45) is 6.53. The van der Waals surface area contributed by atoms with Crippen LogP contribution >= 0.6 is 0 Å². The minimum atomic E-state index is 0.425. The van der Waals surface area contributed by atoms with Crippen molar-refractivity contribution in [2.45, 2.75) is 62.4 Å². The Kier molecular flexibility index (Phi) is 7.69. The van der Waals surface area contributed by atoms with E-state index in [0.29, 0.717) is 23.9 Å². The Labute approximate surface area is 233 Å². The van der Waals surface area contributed by atoms with Gasteiger partial charge in [0, 0.05) is 23.9 Å². The van der Waals surface area contributed by atoms with Gasteiger partial charge < -0.3 is 14.8 Å². The molecule has 3 nitrogen and oxygen atoms in total. The lowest BCUT2D eigenvalue weighted by Crippen LogP contribution is -2.49. The van der Waals surface area contributed by atoms with Gasteiger partial charge in [0.2, 0.25) is 0 Å². The number of aryl methyl sites for hydroxylation is 2. The number of hydrogen-bond acceptors (Lipinski definition) is 3. The van der Waals surface area contributed by atoms with Crippen molar-refractivity contribution in [1.82, 2.24) is 5.32 Å². The predicted molar refractivity (Wildman–Crippen MR) is 159 cm³/mol. The first-order chi connectivity index (χ1) is 19.2. The molecule has 3 heteroatoms. The highest BCUT2D eigenvalue weighted by Gasteiger charge is 2.36. The van der Waals surface area contributed by atoms with Crippen LogP contribution in [0.4, 0.5) is 0 Å². The van der Waals surface area contributed by atoms with Gasteiger partial charge >= 0.3 is 0 Å². The van der Waals surface area contributed by atoms with E-state index in [1.54, 1.807) is 14.2 Å². The Morgan fingerprint density at radius 3 is 1.44 bits per heavy atom. The van der Waals surface area contributed by atoms with Crippen LogP contribution in [0.5, 0.6) is 11.5 Å². The van der Waals surface area contributed by atoms with Crippen LogP contribution in [-0.4, -0.2) is 26.3 Å². The number of nitrogens with one attached hydrogen (secondary N) is 1. The Hall–Kier alpha value is -3.56. The fraction of sp³-hybridized carbons (Fsp3) is 0.333. The molecule has 0 bridgehead atoms. The van der Waals surface area contributed by atoms with Gasteiger partial charge in [-0.2, -0.15) is 0 Å². The maximum atomic E-state index is 5.58. The van der Waals surface area contributed by atoms with Crippen molar-refractivity contribution in [2.75, 3.05) is 14.2 Å². The number of ether oxygens (including phenoxy) is 2. The molecule has 6 rings (SSSR count). The Balaban J connectivity index is 1.32. The van der Waals surface area contributed by atoms with Crippen LogP contribution < -0.4 is 14.8 Å². The van der Waals surface area contributed by atoms with Gasteiger partial charge in [-0.15, -0.1) is 0 Å². The van der Waals surface area contributed by atoms with Gasteiger partial charge in [-0.3, -0.25) is 0 Å². The predicted octanol–water partition coefficient (Wildman–Crippen LogP) is 7.28. The molecular weight excluding hydrogens is 478 g/mol. The molecule has 2 aliphatic rings. The summed E-state index contributed by atoms with van der Waals surface area (Å²) >= 11 is 0. The standard InChI is InChI=1S/C36H39NO2/c1-38-29-15-17-31-27(23-29)13-19-35(33(31)21-25-9-5-3-6-10-25)37-36-20-14-28-24-30(39-2)16-18-32(28)34(36)22-26-11-7-4-8-12-26/h3-12,15-18,23-24,33-37H,13-14,19-22H2,1-2H3. The van der Waals surface area contributed by atoms with Crippen LogP contribution in [0, 0.1) is 0 Å². The smallest absolute Gasteiger partial charge is 0.119 e. The molecule has 4 aromatic carbocycles. The third kappa shape index (κ3) is 5.60. The van der Waals surface area contributed by atoms with Crippen molar-refractivity contribution in [3.05, 3.63) is 130 Å². The van der Waals surface area contributed by atoms with Gasteiger partial charge in [0.05, 0.1) is 14.2 Å². The zero-order valence-electron chi connectivity index (χ0n) is 23.1. The van der Waals surface area contributed by atoms with E-state index in [1.807, 2.05) is 0 Å². The van der Waals surface area contributed by atoms with Gasteiger partial charge in [-0.25, -0.2) is 0 Å². The second-order valence-corrected chi connectivity index (χ2v) is 11.2. The molecule has 39 heavy (non-hydrogen) atoms. The largest absolute Gasteiger partial charge is 0.497 e. The third-order valence-electron chi connectivity index (χ3n) is 8.95. The van der Waals surface area contributed by atoms with E-state index in [-0.39, 0.29) is 0 Å². The summed E-state index contributed by atoms with van der Waals surface area (Å²) < 4.78 is 11.2. The number of rotatable bonds is 8. The molecule has 4 aromatic rings. The number of methoxy groups -OCH3 is 2. The molecule has 2 aliphatic carbocycles. The quantitative estimate of drug-likeness (QED) is 0.266. The summed E-state index contributed by atoms with van der Waals surface area (Å²) in [5, 5.41) is 4.27. The molecule has 0 spiro atoms. The lowest BCUT2D eigenvalue weighted by atomic mass is 9.73. The van der Waals surface area contributed by atoms with Crippen LogP contribution in [0.25, 0.3) is 0 Å². The molecule has 4 unspecified atom stereocenters. The van der Waals surface area contributed by atoms with E-state index in [9.17, 15) is 0 Å². The number of hydrogen-bond donors (Lipinski definition) is 1. The SMILES string of the molecule is COc1ccc2c(c1)CCC(NC1CCc3cc(OC)ccc3C1Cc1ccccc1)C2Cc1ccccc1. The fourth-order valence-corrected chi connectivity index (χ4v) is 6.95. The van der Waals surface area contributed by atoms with Crippen molar-refractivity contribution in [3.8, 4) is 11.5 Å². The molecule has 0 aliphatic heterocycles. The van der Waals surface area contributed by atoms with E-state index in [2.05, 4.69) is 102 Å². The molecule has 1 N–H and O–H groups in total. The Morgan fingerprint density at radius 1 is 0.590 bits per heavy atom. The summed E-state index contributed by atoms with van der Waals surface area (Å²) in [5.74, 6) is 2.77. The first-order valence-corrected chi connectivity index (χ1v) is 14.4. The minimum Gasteiger partial charge on any atom is -0.497 e. The molecule has 0 amide bonds. The van der Waals surface area contributed by atoms with Crippen LogP contribution in [0.15, 0.2) is 97.1 Å². The zero-order chi connectivity index (χ0) is 26.6. The second-order valence-electron chi connectivity index (χ2n) is 11.2. The zero-order valence-corrected chi connectivity index (χ0v) is 23.1. The van der Waals surface area contributed by atoms with Crippen LogP contribution in [0.3, 0.4) is 0 Å². The molecule has 4 atom stereocenters. The first-order valence-electron chi connectivity index (χ1n) is 14.4. The molecule has 0 saturated heterocycles. The van der Waals surface area contributed by atoms with Crippen molar-refractivity contribution in [3.63, 3.8) is 0 Å². The van der Waals surface area contributed by atoms with E-state index in [1.165, 1.54) is 33.4 Å². The van der Waals surface area contributed by atoms with Crippen LogP contribution in [0.2, 0.25) is 0 Å². The number of fused-ring (bicyclic) bond motifs is 2. The average Bonchev–Trinajstić information content (AvgIpc) is 2.99. The van der Waals surface area contributed by atoms with Gasteiger partial charge in [-0.05, 0) is 96.2 Å². The normalized spacial score (nSPS) is 22.0. The fourth-order valence-electron chi connectivity index (χ4n) is 6.95. The molecule has 200 valence electrons. The molecule has 0 heterocycles. The van der Waals surface area contributed by atoms with Crippen LogP contribution in [-0.2, 0) is 25.7 Å². The Bertz CT molecular complexity index is 1280. The van der Waals surface area contributed by atoms with Crippen molar-refractivity contribution >= 4 is 0 Å². The first kappa shape index (κ1) is 25.7. The summed E-state index contributed by atoms with van der Waals surface area (Å²) in [6.45, 7) is 0. The highest BCUT2D eigenvalue weighted by Crippen LogP contribution is 2.40. The van der Waals surface area contributed by atoms with Crippen LogP contribution in [0.1, 0.15) is 58.1 Å². The second kappa shape index (κ2) is 11.7. The van der Waals surface area contributed by atoms with E-state index in [0.717, 1.165) is 50.0 Å². The maximum Gasteiger partial charge on any atom is 0.119 e. The summed E-state index contributed by atoms with van der Waals surface area (Å²) in [4.78, 5) is 0. The summed E-state index contributed by atoms with van der Waals surface area (Å²) in [6, 6.07) is 36.3. The van der Waals surface area contributed by atoms with Gasteiger partial charge in [0.25, 0.3) is 0 Å². The maximum absolute atomic E-state index is 5.58. The lowest BCUT2D eigenvalue weighted by molar-refractivity contribution is 0.292. The van der Waals surface area contributed by atoms with Crippen molar-refractivity contribution < 1.29 is 9.47 Å². The monoisotopic (exact) mass is 517 g/mol. The average molecular weight is 518 g/mol. The summed E-state index contributed by atoms with van der Waals surface area (Å²) in [7, 11) is 3.53. The Morgan fingerprint density at radius 2 is 1.03 bits per heavy atom. The molecule has 0 fully saturated rings. The topological polar surface area (TPSA) is 30.5 Å². The molecule has 0 saturated carbocycles.